The highest BCUT2D eigenvalue weighted by Crippen LogP contribution is 1.68. The van der Waals surface area contributed by atoms with Crippen LogP contribution in [0.15, 0.2) is 0 Å². The standard InChI is InChI=1S/C3H7N3/c4-3-1-5-2-6-3/h5H,1-2H2,(H2,4,6). The lowest BCUT2D eigenvalue weighted by molar-refractivity contribution is 0.818. The molecule has 6 heavy (non-hydrogen) atoms. The van der Waals surface area contributed by atoms with E-state index in [1.165, 1.54) is 0 Å². The second-order valence-electron chi connectivity index (χ2n) is 1.26. The van der Waals surface area contributed by atoms with Crippen LogP contribution in [-0.2, 0) is 0 Å². The molecule has 1 saturated heterocycles. The van der Waals surface area contributed by atoms with E-state index < -0.39 is 0 Å². The Bertz CT molecular complexity index is 60.4. The molecule has 3 nitrogen and oxygen atoms in total. The second kappa shape index (κ2) is 1.26. The molecule has 0 aromatic rings. The van der Waals surface area contributed by atoms with E-state index in [2.05, 4.69) is 10.6 Å². The van der Waals surface area contributed by atoms with E-state index in [-0.39, 0.29) is 0 Å². The smallest absolute Gasteiger partial charge is 0.108 e. The Labute approximate surface area is 36.2 Å². The molecule has 1 aliphatic heterocycles. The van der Waals surface area contributed by atoms with E-state index in [1.807, 2.05) is 0 Å². The third kappa shape index (κ3) is 0.490. The molecule has 3 heteroatoms. The van der Waals surface area contributed by atoms with Crippen LogP contribution in [0.25, 0.3) is 0 Å². The minimum absolute atomic E-state index is 0.593. The molecule has 0 aromatic heterocycles. The number of hydrogen-bond donors (Lipinski definition) is 3. The van der Waals surface area contributed by atoms with Crippen molar-refractivity contribution in [2.45, 2.75) is 0 Å². The van der Waals surface area contributed by atoms with E-state index in [1.54, 1.807) is 0 Å². The Morgan fingerprint density at radius 3 is 2.67 bits per heavy atom. The van der Waals surface area contributed by atoms with Gasteiger partial charge in [-0.2, -0.15) is 0 Å². The monoisotopic (exact) mass is 85.1 g/mol. The normalized spacial score (nSPS) is 21.0. The number of rotatable bonds is 0. The fourth-order valence-corrected chi connectivity index (χ4v) is 0.419. The van der Waals surface area contributed by atoms with Crippen molar-refractivity contribution in [3.05, 3.63) is 0 Å². The van der Waals surface area contributed by atoms with Gasteiger partial charge in [0, 0.05) is 0 Å². The number of amidine groups is 1. The molecule has 0 atom stereocenters. The molecule has 1 fully saturated rings. The summed E-state index contributed by atoms with van der Waals surface area (Å²) in [6, 6.07) is 0. The maximum absolute atomic E-state index is 6.88. The van der Waals surface area contributed by atoms with Crippen LogP contribution in [0.4, 0.5) is 0 Å². The minimum atomic E-state index is 0.593. The number of hydrogen-bond acceptors (Lipinski definition) is 2. The highest BCUT2D eigenvalue weighted by atomic mass is 15.2. The van der Waals surface area contributed by atoms with Crippen molar-refractivity contribution in [3.8, 4) is 0 Å². The molecule has 0 spiro atoms. The third-order valence-electron chi connectivity index (χ3n) is 0.729. The lowest BCUT2D eigenvalue weighted by Crippen LogP contribution is -2.14. The summed E-state index contributed by atoms with van der Waals surface area (Å²) in [5, 5.41) is 12.6. The summed E-state index contributed by atoms with van der Waals surface area (Å²) < 4.78 is 0. The van der Waals surface area contributed by atoms with Gasteiger partial charge in [0.15, 0.2) is 0 Å². The average Bonchev–Trinajstić information content (AvgIpc) is 1.86. The summed E-state index contributed by atoms with van der Waals surface area (Å²) in [7, 11) is 0. The largest absolute Gasteiger partial charge is 0.360 e. The maximum Gasteiger partial charge on any atom is 0.108 e. The zero-order valence-corrected chi connectivity index (χ0v) is 3.41. The summed E-state index contributed by atoms with van der Waals surface area (Å²) in [6.45, 7) is 1.47. The molecule has 1 heterocycles. The Hall–Kier alpha value is -0.570. The van der Waals surface area contributed by atoms with Crippen molar-refractivity contribution in [2.75, 3.05) is 13.2 Å². The molecule has 0 saturated carbocycles. The molecule has 1 aliphatic rings. The van der Waals surface area contributed by atoms with E-state index >= 15 is 0 Å². The Morgan fingerprint density at radius 1 is 1.67 bits per heavy atom. The van der Waals surface area contributed by atoms with Gasteiger partial charge < -0.3 is 5.32 Å². The molecule has 3 N–H and O–H groups in total. The van der Waals surface area contributed by atoms with Crippen LogP contribution in [0.1, 0.15) is 0 Å². The Morgan fingerprint density at radius 2 is 2.50 bits per heavy atom. The van der Waals surface area contributed by atoms with Gasteiger partial charge in [-0.1, -0.05) is 0 Å². The molecule has 0 radical (unpaired) electrons. The van der Waals surface area contributed by atoms with Crippen LogP contribution >= 0.6 is 0 Å². The molecule has 0 amide bonds. The molecule has 0 aromatic carbocycles. The Balaban J connectivity index is 2.37. The van der Waals surface area contributed by atoms with Crippen molar-refractivity contribution in [1.29, 1.82) is 5.41 Å². The quantitative estimate of drug-likeness (QED) is 0.357. The predicted octanol–water partition coefficient (Wildman–Crippen LogP) is -0.886. The van der Waals surface area contributed by atoms with Crippen molar-refractivity contribution >= 4 is 5.84 Å². The van der Waals surface area contributed by atoms with Gasteiger partial charge >= 0.3 is 0 Å². The van der Waals surface area contributed by atoms with Crippen LogP contribution in [0, 0.1) is 5.41 Å². The molecule has 1 rings (SSSR count). The summed E-state index contributed by atoms with van der Waals surface area (Å²) in [6.07, 6.45) is 0. The highest BCUT2D eigenvalue weighted by Gasteiger charge is 1.99. The predicted molar refractivity (Wildman–Crippen MR) is 23.7 cm³/mol. The van der Waals surface area contributed by atoms with Crippen molar-refractivity contribution in [2.24, 2.45) is 0 Å². The van der Waals surface area contributed by atoms with E-state index in [0.29, 0.717) is 12.4 Å². The van der Waals surface area contributed by atoms with Crippen LogP contribution in [0.5, 0.6) is 0 Å². The van der Waals surface area contributed by atoms with Crippen LogP contribution in [-0.4, -0.2) is 19.0 Å². The van der Waals surface area contributed by atoms with Gasteiger partial charge in [-0.15, -0.1) is 0 Å². The third-order valence-corrected chi connectivity index (χ3v) is 0.729. The Kier molecular flexibility index (Phi) is 0.759. The van der Waals surface area contributed by atoms with Crippen molar-refractivity contribution in [1.82, 2.24) is 10.6 Å². The first-order chi connectivity index (χ1) is 2.89. The summed E-state index contributed by atoms with van der Waals surface area (Å²) in [5.41, 5.74) is 0. The van der Waals surface area contributed by atoms with Crippen LogP contribution in [0.3, 0.4) is 0 Å². The van der Waals surface area contributed by atoms with Crippen molar-refractivity contribution < 1.29 is 0 Å². The number of nitrogens with one attached hydrogen (secondary N) is 3. The first kappa shape index (κ1) is 3.61. The zero-order chi connectivity index (χ0) is 4.41. The minimum Gasteiger partial charge on any atom is -0.360 e. The first-order valence-electron chi connectivity index (χ1n) is 1.91. The highest BCUT2D eigenvalue weighted by molar-refractivity contribution is 5.82. The van der Waals surface area contributed by atoms with Gasteiger partial charge in [0.2, 0.25) is 0 Å². The van der Waals surface area contributed by atoms with E-state index in [9.17, 15) is 0 Å². The fraction of sp³-hybridized carbons (Fsp3) is 0.667. The van der Waals surface area contributed by atoms with Gasteiger partial charge in [-0.25, -0.2) is 0 Å². The SMILES string of the molecule is N=C1CNCN1. The molecule has 0 aliphatic carbocycles. The van der Waals surface area contributed by atoms with Crippen molar-refractivity contribution in [3.63, 3.8) is 0 Å². The summed E-state index contributed by atoms with van der Waals surface area (Å²) in [4.78, 5) is 0. The maximum atomic E-state index is 6.88. The van der Waals surface area contributed by atoms with E-state index in [4.69, 9.17) is 5.41 Å². The lowest BCUT2D eigenvalue weighted by Gasteiger charge is -1.82. The second-order valence-corrected chi connectivity index (χ2v) is 1.26. The fourth-order valence-electron chi connectivity index (χ4n) is 0.419. The summed E-state index contributed by atoms with van der Waals surface area (Å²) in [5.74, 6) is 0.593. The zero-order valence-electron chi connectivity index (χ0n) is 3.41. The van der Waals surface area contributed by atoms with Gasteiger partial charge in [0.25, 0.3) is 0 Å². The molecular formula is C3H7N3. The molecule has 34 valence electrons. The average molecular weight is 85.1 g/mol. The van der Waals surface area contributed by atoms with Gasteiger partial charge in [0.1, 0.15) is 5.84 Å². The van der Waals surface area contributed by atoms with Gasteiger partial charge in [0.05, 0.1) is 13.2 Å². The molecule has 0 bridgehead atoms. The summed E-state index contributed by atoms with van der Waals surface area (Å²) >= 11 is 0. The van der Waals surface area contributed by atoms with Gasteiger partial charge in [-0.05, 0) is 0 Å². The first-order valence-corrected chi connectivity index (χ1v) is 1.91. The topological polar surface area (TPSA) is 47.9 Å². The lowest BCUT2D eigenvalue weighted by atomic mass is 10.6. The van der Waals surface area contributed by atoms with E-state index in [0.717, 1.165) is 6.67 Å². The molecule has 0 unspecified atom stereocenters. The molecular weight excluding hydrogens is 78.1 g/mol. The van der Waals surface area contributed by atoms with Gasteiger partial charge in [-0.3, -0.25) is 10.7 Å². The van der Waals surface area contributed by atoms with Crippen LogP contribution in [0.2, 0.25) is 0 Å². The van der Waals surface area contributed by atoms with Crippen LogP contribution < -0.4 is 10.6 Å².